The van der Waals surface area contributed by atoms with Gasteiger partial charge in [-0.2, -0.15) is 13.5 Å². The van der Waals surface area contributed by atoms with Gasteiger partial charge in [0.25, 0.3) is 10.1 Å². The summed E-state index contributed by atoms with van der Waals surface area (Å²) in [5, 5.41) is 25.7. The normalized spacial score (nSPS) is 11.9. The van der Waals surface area contributed by atoms with Gasteiger partial charge in [0, 0.05) is 36.1 Å². The number of aliphatic hydroxyl groups excluding tert-OH is 1. The van der Waals surface area contributed by atoms with E-state index in [1.54, 1.807) is 0 Å². The Morgan fingerprint density at radius 2 is 1.55 bits per heavy atom. The van der Waals surface area contributed by atoms with Gasteiger partial charge >= 0.3 is 0 Å². The Bertz CT molecular complexity index is 1100. The summed E-state index contributed by atoms with van der Waals surface area (Å²) in [7, 11) is -4.23. The lowest BCUT2D eigenvalue weighted by Crippen LogP contribution is -2.24. The lowest BCUT2D eigenvalue weighted by molar-refractivity contribution is 0.293. The first kappa shape index (κ1) is 20.9. The van der Waals surface area contributed by atoms with E-state index in [9.17, 15) is 8.42 Å². The average molecular weight is 414 g/mol. The van der Waals surface area contributed by atoms with Gasteiger partial charge < -0.3 is 15.7 Å². The van der Waals surface area contributed by atoms with Crippen molar-refractivity contribution in [2.75, 3.05) is 31.6 Å². The van der Waals surface area contributed by atoms with Gasteiger partial charge in [-0.1, -0.05) is 24.3 Å². The number of hydrogen-bond donors (Lipinski definition) is 4. The monoisotopic (exact) mass is 414 g/mol. The Morgan fingerprint density at radius 1 is 0.828 bits per heavy atom. The average Bonchev–Trinajstić information content (AvgIpc) is 2.72. The van der Waals surface area contributed by atoms with E-state index in [1.165, 1.54) is 24.3 Å². The molecule has 0 radical (unpaired) electrons. The van der Waals surface area contributed by atoms with Gasteiger partial charge in [0.05, 0.1) is 22.9 Å². The lowest BCUT2D eigenvalue weighted by atomic mass is 10.1. The maximum Gasteiger partial charge on any atom is 0.294 e. The van der Waals surface area contributed by atoms with Crippen LogP contribution in [0, 0.1) is 0 Å². The number of azo groups is 1. The number of hydrogen-bond acceptors (Lipinski definition) is 7. The molecular weight excluding hydrogens is 392 g/mol. The van der Waals surface area contributed by atoms with E-state index in [4.69, 9.17) is 9.66 Å². The van der Waals surface area contributed by atoms with Gasteiger partial charge in [-0.3, -0.25) is 4.55 Å². The van der Waals surface area contributed by atoms with Crippen molar-refractivity contribution in [3.8, 4) is 0 Å². The zero-order valence-electron chi connectivity index (χ0n) is 15.6. The van der Waals surface area contributed by atoms with Crippen molar-refractivity contribution in [2.24, 2.45) is 10.2 Å². The summed E-state index contributed by atoms with van der Waals surface area (Å²) in [6.45, 7) is 2.12. The quantitative estimate of drug-likeness (QED) is 0.241. The molecule has 3 aromatic rings. The summed E-state index contributed by atoms with van der Waals surface area (Å²) in [5.41, 5.74) is 2.13. The standard InChI is InChI=1S/C20H22N4O4S/c25-14-13-21-11-12-22-19-9-10-20(18-4-2-1-3-17(18)19)24-23-15-5-7-16(8-6-15)29(26,27)28/h1-10,21-22,25H,11-14H2,(H,26,27,28). The number of nitrogens with zero attached hydrogens (tertiary/aromatic N) is 2. The van der Waals surface area contributed by atoms with Crippen LogP contribution in [0.2, 0.25) is 0 Å². The molecule has 4 N–H and O–H groups in total. The van der Waals surface area contributed by atoms with Crippen LogP contribution in [-0.4, -0.2) is 44.3 Å². The fourth-order valence-corrected chi connectivity index (χ4v) is 3.29. The van der Waals surface area contributed by atoms with Crippen LogP contribution >= 0.6 is 0 Å². The molecule has 0 aliphatic rings. The molecule has 0 amide bonds. The van der Waals surface area contributed by atoms with Crippen molar-refractivity contribution in [3.63, 3.8) is 0 Å². The smallest absolute Gasteiger partial charge is 0.294 e. The molecule has 8 nitrogen and oxygen atoms in total. The third kappa shape index (κ3) is 5.58. The van der Waals surface area contributed by atoms with Crippen molar-refractivity contribution in [1.82, 2.24) is 5.32 Å². The van der Waals surface area contributed by atoms with Crippen LogP contribution in [0.3, 0.4) is 0 Å². The van der Waals surface area contributed by atoms with E-state index < -0.39 is 10.1 Å². The molecule has 0 fully saturated rings. The molecule has 9 heteroatoms. The summed E-state index contributed by atoms with van der Waals surface area (Å²) in [6, 6.07) is 17.1. The van der Waals surface area contributed by atoms with Crippen molar-refractivity contribution in [1.29, 1.82) is 0 Å². The summed E-state index contributed by atoms with van der Waals surface area (Å²) in [4.78, 5) is -0.189. The summed E-state index contributed by atoms with van der Waals surface area (Å²) in [5.74, 6) is 0. The number of anilines is 1. The summed E-state index contributed by atoms with van der Waals surface area (Å²) >= 11 is 0. The Hall–Kier alpha value is -2.85. The van der Waals surface area contributed by atoms with Crippen molar-refractivity contribution in [2.45, 2.75) is 4.90 Å². The minimum atomic E-state index is -4.23. The van der Waals surface area contributed by atoms with Gasteiger partial charge in [-0.25, -0.2) is 0 Å². The largest absolute Gasteiger partial charge is 0.395 e. The molecule has 3 aromatic carbocycles. The first-order chi connectivity index (χ1) is 14.0. The third-order valence-electron chi connectivity index (χ3n) is 4.21. The van der Waals surface area contributed by atoms with Gasteiger partial charge in [0.2, 0.25) is 0 Å². The molecule has 0 saturated heterocycles. The Morgan fingerprint density at radius 3 is 2.24 bits per heavy atom. The topological polar surface area (TPSA) is 123 Å². The molecule has 3 rings (SSSR count). The van der Waals surface area contributed by atoms with E-state index in [2.05, 4.69) is 20.9 Å². The Labute approximate surface area is 169 Å². The molecule has 152 valence electrons. The van der Waals surface area contributed by atoms with E-state index in [0.717, 1.165) is 23.0 Å². The minimum absolute atomic E-state index is 0.112. The second kappa shape index (κ2) is 9.57. The van der Waals surface area contributed by atoms with E-state index in [0.29, 0.717) is 24.5 Å². The van der Waals surface area contributed by atoms with Gasteiger partial charge in [-0.05, 0) is 36.4 Å². The van der Waals surface area contributed by atoms with E-state index >= 15 is 0 Å². The first-order valence-corrected chi connectivity index (χ1v) is 10.5. The number of benzene rings is 3. The van der Waals surface area contributed by atoms with Crippen LogP contribution in [0.15, 0.2) is 75.8 Å². The number of aliphatic hydroxyl groups is 1. The highest BCUT2D eigenvalue weighted by Crippen LogP contribution is 2.32. The minimum Gasteiger partial charge on any atom is -0.395 e. The molecule has 0 saturated carbocycles. The molecule has 0 bridgehead atoms. The number of nitrogens with one attached hydrogen (secondary N) is 2. The van der Waals surface area contributed by atoms with E-state index in [-0.39, 0.29) is 11.5 Å². The Balaban J connectivity index is 1.79. The van der Waals surface area contributed by atoms with Crippen LogP contribution in [0.4, 0.5) is 17.1 Å². The highest BCUT2D eigenvalue weighted by atomic mass is 32.2. The second-order valence-electron chi connectivity index (χ2n) is 6.25. The lowest BCUT2D eigenvalue weighted by Gasteiger charge is -2.11. The first-order valence-electron chi connectivity index (χ1n) is 9.05. The molecule has 0 aliphatic carbocycles. The molecule has 0 aliphatic heterocycles. The van der Waals surface area contributed by atoms with Crippen LogP contribution in [0.5, 0.6) is 0 Å². The zero-order chi connectivity index (χ0) is 20.7. The maximum atomic E-state index is 11.1. The number of fused-ring (bicyclic) bond motifs is 1. The van der Waals surface area contributed by atoms with Gasteiger partial charge in [0.15, 0.2) is 0 Å². The van der Waals surface area contributed by atoms with Crippen molar-refractivity contribution >= 4 is 38.0 Å². The molecule has 29 heavy (non-hydrogen) atoms. The second-order valence-corrected chi connectivity index (χ2v) is 7.67. The molecule has 0 unspecified atom stereocenters. The molecule has 0 heterocycles. The predicted octanol–water partition coefficient (Wildman–Crippen LogP) is 3.50. The van der Waals surface area contributed by atoms with Crippen molar-refractivity contribution in [3.05, 3.63) is 60.7 Å². The highest BCUT2D eigenvalue weighted by molar-refractivity contribution is 7.85. The highest BCUT2D eigenvalue weighted by Gasteiger charge is 2.08. The fourth-order valence-electron chi connectivity index (χ4n) is 2.81. The third-order valence-corrected chi connectivity index (χ3v) is 5.08. The Kier molecular flexibility index (Phi) is 6.89. The molecule has 0 spiro atoms. The maximum absolute atomic E-state index is 11.1. The molecular formula is C20H22N4O4S. The SMILES string of the molecule is O=S(=O)(O)c1ccc(N=Nc2ccc(NCCNCCO)c3ccccc23)cc1. The molecule has 0 aromatic heterocycles. The van der Waals surface area contributed by atoms with Crippen molar-refractivity contribution < 1.29 is 18.1 Å². The predicted molar refractivity (Wildman–Crippen MR) is 113 cm³/mol. The zero-order valence-corrected chi connectivity index (χ0v) is 16.4. The number of rotatable bonds is 9. The van der Waals surface area contributed by atoms with Crippen LogP contribution < -0.4 is 10.6 Å². The van der Waals surface area contributed by atoms with Crippen LogP contribution in [0.1, 0.15) is 0 Å². The van der Waals surface area contributed by atoms with E-state index in [1.807, 2.05) is 36.4 Å². The summed E-state index contributed by atoms with van der Waals surface area (Å²) < 4.78 is 31.3. The van der Waals surface area contributed by atoms with Crippen LogP contribution in [0.25, 0.3) is 10.8 Å². The fraction of sp³-hybridized carbons (Fsp3) is 0.200. The molecule has 0 atom stereocenters. The van der Waals surface area contributed by atoms with Gasteiger partial charge in [-0.15, -0.1) is 5.11 Å². The van der Waals surface area contributed by atoms with Crippen LogP contribution in [-0.2, 0) is 10.1 Å². The summed E-state index contributed by atoms with van der Waals surface area (Å²) in [6.07, 6.45) is 0. The van der Waals surface area contributed by atoms with Gasteiger partial charge in [0.1, 0.15) is 0 Å².